The number of hydrogen-bond acceptors (Lipinski definition) is 4. The molecular weight excluding hydrogens is 250 g/mol. The van der Waals surface area contributed by atoms with Gasteiger partial charge in [0, 0.05) is 16.6 Å². The number of rotatable bonds is 3. The Morgan fingerprint density at radius 3 is 2.83 bits per heavy atom. The number of carbonyl (C=O) groups excluding carboxylic acids is 1. The number of urea groups is 1. The van der Waals surface area contributed by atoms with Gasteiger partial charge in [0.15, 0.2) is 5.82 Å². The summed E-state index contributed by atoms with van der Waals surface area (Å²) in [5, 5.41) is 9.00. The molecule has 2 amide bonds. The van der Waals surface area contributed by atoms with E-state index >= 15 is 0 Å². The highest BCUT2D eigenvalue weighted by Gasteiger charge is 2.06. The topological polar surface area (TPSA) is 67.2 Å². The van der Waals surface area contributed by atoms with Crippen molar-refractivity contribution in [1.29, 1.82) is 0 Å². The van der Waals surface area contributed by atoms with Gasteiger partial charge in [-0.3, -0.25) is 5.32 Å². The van der Waals surface area contributed by atoms with Crippen LogP contribution in [-0.2, 0) is 0 Å². The van der Waals surface area contributed by atoms with Gasteiger partial charge in [0.2, 0.25) is 0 Å². The first-order valence-corrected chi connectivity index (χ1v) is 6.55. The Bertz CT molecular complexity index is 554. The maximum Gasteiger partial charge on any atom is 0.324 e. The second-order valence-corrected chi connectivity index (χ2v) is 4.51. The van der Waals surface area contributed by atoms with Gasteiger partial charge in [0.25, 0.3) is 0 Å². The summed E-state index contributed by atoms with van der Waals surface area (Å²) in [5.74, 6) is 1.04. The van der Waals surface area contributed by atoms with Crippen LogP contribution < -0.4 is 10.6 Å². The minimum atomic E-state index is -0.346. The number of anilines is 2. The van der Waals surface area contributed by atoms with Gasteiger partial charge in [-0.15, -0.1) is 11.8 Å². The molecule has 5 nitrogen and oxygen atoms in total. The number of aromatic nitrogens is 1. The summed E-state index contributed by atoms with van der Waals surface area (Å²) in [5.41, 5.74) is 0.736. The zero-order chi connectivity index (χ0) is 13.0. The van der Waals surface area contributed by atoms with E-state index in [1.54, 1.807) is 24.8 Å². The van der Waals surface area contributed by atoms with Crippen molar-refractivity contribution in [2.75, 3.05) is 16.9 Å². The van der Waals surface area contributed by atoms with Crippen molar-refractivity contribution in [3.63, 3.8) is 0 Å². The number of carbonyl (C=O) groups is 1. The van der Waals surface area contributed by atoms with E-state index in [0.29, 0.717) is 11.6 Å². The lowest BCUT2D eigenvalue weighted by atomic mass is 10.3. The molecule has 2 aromatic rings. The molecule has 0 saturated carbocycles. The molecule has 94 valence electrons. The fourth-order valence-corrected chi connectivity index (χ4v) is 1.86. The maximum absolute atomic E-state index is 11.7. The summed E-state index contributed by atoms with van der Waals surface area (Å²) in [6, 6.07) is 8.90. The van der Waals surface area contributed by atoms with Crippen LogP contribution in [0.2, 0.25) is 0 Å². The highest BCUT2D eigenvalue weighted by atomic mass is 32.2. The first-order chi connectivity index (χ1) is 8.67. The Hall–Kier alpha value is -1.95. The van der Waals surface area contributed by atoms with Crippen LogP contribution in [0.1, 0.15) is 5.76 Å². The third-order valence-electron chi connectivity index (χ3n) is 2.20. The molecule has 0 aliphatic carbocycles. The molecule has 2 rings (SSSR count). The summed E-state index contributed by atoms with van der Waals surface area (Å²) < 4.78 is 4.86. The van der Waals surface area contributed by atoms with E-state index in [0.717, 1.165) is 10.6 Å². The highest BCUT2D eigenvalue weighted by molar-refractivity contribution is 7.98. The second kappa shape index (κ2) is 5.59. The van der Waals surface area contributed by atoms with Gasteiger partial charge in [-0.1, -0.05) is 11.2 Å². The summed E-state index contributed by atoms with van der Waals surface area (Å²) in [6.07, 6.45) is 1.98. The van der Waals surface area contributed by atoms with Gasteiger partial charge in [0.1, 0.15) is 5.76 Å². The number of nitrogens with one attached hydrogen (secondary N) is 2. The number of nitrogens with zero attached hydrogens (tertiary/aromatic N) is 1. The number of hydrogen-bond donors (Lipinski definition) is 2. The molecule has 18 heavy (non-hydrogen) atoms. The van der Waals surface area contributed by atoms with Crippen molar-refractivity contribution in [3.8, 4) is 0 Å². The maximum atomic E-state index is 11.7. The van der Waals surface area contributed by atoms with Crippen molar-refractivity contribution in [3.05, 3.63) is 36.1 Å². The van der Waals surface area contributed by atoms with Crippen molar-refractivity contribution < 1.29 is 9.32 Å². The summed E-state index contributed by atoms with van der Waals surface area (Å²) >= 11 is 1.62. The van der Waals surface area contributed by atoms with Crippen molar-refractivity contribution in [2.45, 2.75) is 11.8 Å². The number of benzene rings is 1. The van der Waals surface area contributed by atoms with E-state index < -0.39 is 0 Å². The van der Waals surface area contributed by atoms with Gasteiger partial charge in [0.05, 0.1) is 0 Å². The van der Waals surface area contributed by atoms with Crippen molar-refractivity contribution in [1.82, 2.24) is 5.16 Å². The van der Waals surface area contributed by atoms with E-state index in [1.165, 1.54) is 0 Å². The molecule has 0 aliphatic rings. The van der Waals surface area contributed by atoms with Crippen LogP contribution in [0.3, 0.4) is 0 Å². The fraction of sp³-hybridized carbons (Fsp3) is 0.167. The molecular formula is C12H13N3O2S. The normalized spacial score (nSPS) is 10.1. The Morgan fingerprint density at radius 2 is 2.17 bits per heavy atom. The average molecular weight is 263 g/mol. The molecule has 0 radical (unpaired) electrons. The summed E-state index contributed by atoms with van der Waals surface area (Å²) in [4.78, 5) is 12.8. The standard InChI is InChI=1S/C12H13N3O2S/c1-8-6-11(15-17-8)14-12(16)13-9-4-3-5-10(7-9)18-2/h3-7H,1-2H3,(H2,13,14,15,16). The third kappa shape index (κ3) is 3.27. The number of aryl methyl sites for hydroxylation is 1. The molecule has 6 heteroatoms. The van der Waals surface area contributed by atoms with Gasteiger partial charge in [-0.05, 0) is 31.4 Å². The minimum Gasteiger partial charge on any atom is -0.360 e. The molecule has 0 spiro atoms. The molecule has 1 aromatic heterocycles. The van der Waals surface area contributed by atoms with Crippen LogP contribution in [0.15, 0.2) is 39.8 Å². The summed E-state index contributed by atoms with van der Waals surface area (Å²) in [7, 11) is 0. The lowest BCUT2D eigenvalue weighted by Crippen LogP contribution is -2.19. The van der Waals surface area contributed by atoms with Gasteiger partial charge >= 0.3 is 6.03 Å². The van der Waals surface area contributed by atoms with Crippen LogP contribution in [0.25, 0.3) is 0 Å². The van der Waals surface area contributed by atoms with Crippen molar-refractivity contribution >= 4 is 29.3 Å². The fourth-order valence-electron chi connectivity index (χ4n) is 1.40. The van der Waals surface area contributed by atoms with E-state index in [9.17, 15) is 4.79 Å². The zero-order valence-electron chi connectivity index (χ0n) is 10.1. The van der Waals surface area contributed by atoms with Gasteiger partial charge < -0.3 is 9.84 Å². The Kier molecular flexibility index (Phi) is 3.88. The Balaban J connectivity index is 1.98. The molecule has 1 aromatic carbocycles. The molecule has 0 bridgehead atoms. The number of amides is 2. The van der Waals surface area contributed by atoms with Gasteiger partial charge in [-0.2, -0.15) is 0 Å². The number of thioether (sulfide) groups is 1. The molecule has 0 atom stereocenters. The predicted molar refractivity (Wildman–Crippen MR) is 72.1 cm³/mol. The molecule has 1 heterocycles. The quantitative estimate of drug-likeness (QED) is 0.833. The highest BCUT2D eigenvalue weighted by Crippen LogP contribution is 2.19. The van der Waals surface area contributed by atoms with Crippen molar-refractivity contribution in [2.24, 2.45) is 0 Å². The van der Waals surface area contributed by atoms with Crippen LogP contribution >= 0.6 is 11.8 Å². The predicted octanol–water partition coefficient (Wildman–Crippen LogP) is 3.35. The monoisotopic (exact) mass is 263 g/mol. The molecule has 0 unspecified atom stereocenters. The van der Waals surface area contributed by atoms with Gasteiger partial charge in [-0.25, -0.2) is 4.79 Å². The Morgan fingerprint density at radius 1 is 1.33 bits per heavy atom. The average Bonchev–Trinajstić information content (AvgIpc) is 2.74. The van der Waals surface area contributed by atoms with Crippen LogP contribution in [0.5, 0.6) is 0 Å². The molecule has 0 fully saturated rings. The molecule has 0 aliphatic heterocycles. The zero-order valence-corrected chi connectivity index (χ0v) is 10.9. The summed E-state index contributed by atoms with van der Waals surface area (Å²) in [6.45, 7) is 1.76. The Labute approximate surface area is 109 Å². The lowest BCUT2D eigenvalue weighted by Gasteiger charge is -2.06. The van der Waals surface area contributed by atoms with E-state index in [4.69, 9.17) is 4.52 Å². The smallest absolute Gasteiger partial charge is 0.324 e. The van der Waals surface area contributed by atoms with E-state index in [1.807, 2.05) is 30.5 Å². The third-order valence-corrected chi connectivity index (χ3v) is 2.92. The SMILES string of the molecule is CSc1cccc(NC(=O)Nc2cc(C)on2)c1. The van der Waals surface area contributed by atoms with E-state index in [-0.39, 0.29) is 6.03 Å². The van der Waals surface area contributed by atoms with Crippen LogP contribution in [0, 0.1) is 6.92 Å². The second-order valence-electron chi connectivity index (χ2n) is 3.63. The molecule has 2 N–H and O–H groups in total. The van der Waals surface area contributed by atoms with Crippen LogP contribution in [0.4, 0.5) is 16.3 Å². The minimum absolute atomic E-state index is 0.346. The first-order valence-electron chi connectivity index (χ1n) is 5.33. The largest absolute Gasteiger partial charge is 0.360 e. The lowest BCUT2D eigenvalue weighted by molar-refractivity contribution is 0.262. The van der Waals surface area contributed by atoms with Crippen LogP contribution in [-0.4, -0.2) is 17.4 Å². The first kappa shape index (κ1) is 12.5. The van der Waals surface area contributed by atoms with E-state index in [2.05, 4.69) is 15.8 Å². The molecule has 0 saturated heterocycles.